The number of carbonyl (C=O) groups excluding carboxylic acids is 1. The van der Waals surface area contributed by atoms with E-state index in [2.05, 4.69) is 31.1 Å². The molecular weight excluding hydrogens is 399 g/mol. The summed E-state index contributed by atoms with van der Waals surface area (Å²) in [5.74, 6) is 2.78. The summed E-state index contributed by atoms with van der Waals surface area (Å²) in [7, 11) is -1.47. The molecule has 2 rings (SSSR count). The molecule has 0 bridgehead atoms. The molecule has 0 unspecified atom stereocenters. The Labute approximate surface area is 134 Å². The van der Waals surface area contributed by atoms with Crippen LogP contribution < -0.4 is 0 Å². The molecule has 1 aromatic carbocycles. The number of hydrogen-bond acceptors (Lipinski definition) is 4. The molecule has 4 nitrogen and oxygen atoms in total. The van der Waals surface area contributed by atoms with Crippen molar-refractivity contribution in [1.82, 2.24) is 0 Å². The third-order valence-electron chi connectivity index (χ3n) is 2.44. The number of fused-ring (bicyclic) bond motifs is 1. The Hall–Kier alpha value is -0.883. The van der Waals surface area contributed by atoms with Crippen LogP contribution in [0.1, 0.15) is 24.2 Å². The first-order valence-corrected chi connectivity index (χ1v) is 12.9. The molecule has 0 spiro atoms. The summed E-state index contributed by atoms with van der Waals surface area (Å²) in [4.78, 5) is 17.2. The molecule has 0 saturated carbocycles. The average Bonchev–Trinajstić information content (AvgIpc) is 2.72. The Balaban J connectivity index is 2.04. The molecule has 0 radical (unpaired) electrons. The number of carbonyl (C=O) groups is 1. The Kier molecular flexibility index (Phi) is 4.78. The van der Waals surface area contributed by atoms with E-state index in [1.165, 1.54) is 0 Å². The fourth-order valence-corrected chi connectivity index (χ4v) is 5.19. The third kappa shape index (κ3) is 4.54. The van der Waals surface area contributed by atoms with Gasteiger partial charge in [-0.05, 0) is 0 Å². The van der Waals surface area contributed by atoms with Gasteiger partial charge < -0.3 is 0 Å². The van der Waals surface area contributed by atoms with Crippen LogP contribution in [0.3, 0.4) is 0 Å². The Bertz CT molecular complexity index is 610. The van der Waals surface area contributed by atoms with Crippen molar-refractivity contribution in [2.45, 2.75) is 39.1 Å². The van der Waals surface area contributed by atoms with Crippen LogP contribution in [0.2, 0.25) is 19.6 Å². The first kappa shape index (κ1) is 16.5. The molecule has 1 aromatic rings. The number of halogens is 1. The van der Waals surface area contributed by atoms with Gasteiger partial charge >= 0.3 is 135 Å². The van der Waals surface area contributed by atoms with E-state index in [1.807, 2.05) is 32.0 Å². The van der Waals surface area contributed by atoms with Gasteiger partial charge in [-0.15, -0.1) is 0 Å². The molecule has 0 fully saturated rings. The van der Waals surface area contributed by atoms with E-state index in [0.717, 1.165) is 3.57 Å². The van der Waals surface area contributed by atoms with Crippen molar-refractivity contribution in [3.8, 4) is 11.5 Å². The van der Waals surface area contributed by atoms with E-state index in [-0.39, 0.29) is 5.97 Å². The minimum absolute atomic E-state index is 0.328. The summed E-state index contributed by atoms with van der Waals surface area (Å²) in [6.07, 6.45) is 0. The van der Waals surface area contributed by atoms with Crippen LogP contribution in [-0.4, -0.2) is 19.6 Å². The van der Waals surface area contributed by atoms with E-state index in [0.29, 0.717) is 5.56 Å². The zero-order chi connectivity index (χ0) is 15.7. The second-order valence-corrected chi connectivity index (χ2v) is 14.2. The van der Waals surface area contributed by atoms with Crippen LogP contribution >= 0.6 is 20.6 Å². The van der Waals surface area contributed by atoms with Gasteiger partial charge in [0.2, 0.25) is 0 Å². The first-order chi connectivity index (χ1) is 9.68. The molecule has 0 saturated heterocycles. The Morgan fingerprint density at radius 1 is 1.24 bits per heavy atom. The molecule has 1 aliphatic rings. The van der Waals surface area contributed by atoms with E-state index >= 15 is 0 Å². The summed E-state index contributed by atoms with van der Waals surface area (Å²) >= 11 is -2.52. The van der Waals surface area contributed by atoms with Crippen molar-refractivity contribution in [3.63, 3.8) is 0 Å². The standard InChI is InChI=1S/C15H19IO4Si/c1-15(2,10-11-21(3,4)5)19-20-16-13-9-7-6-8-12(13)14(17)18-16/h6-9H,1-5H3. The van der Waals surface area contributed by atoms with Crippen LogP contribution in [0.4, 0.5) is 0 Å². The zero-order valence-electron chi connectivity index (χ0n) is 12.8. The van der Waals surface area contributed by atoms with Gasteiger partial charge in [-0.1, -0.05) is 0 Å². The fourth-order valence-electron chi connectivity index (χ4n) is 1.42. The second kappa shape index (κ2) is 6.08. The molecule has 114 valence electrons. The summed E-state index contributed by atoms with van der Waals surface area (Å²) in [6, 6.07) is 7.28. The van der Waals surface area contributed by atoms with Gasteiger partial charge in [-0.2, -0.15) is 0 Å². The molecule has 21 heavy (non-hydrogen) atoms. The molecule has 0 N–H and O–H groups in total. The molecule has 0 amide bonds. The van der Waals surface area contributed by atoms with Crippen molar-refractivity contribution in [3.05, 3.63) is 33.4 Å². The maximum absolute atomic E-state index is 11.7. The van der Waals surface area contributed by atoms with E-state index in [4.69, 9.17) is 11.2 Å². The molecular formula is C15H19IO4Si. The molecule has 0 aromatic heterocycles. The van der Waals surface area contributed by atoms with Gasteiger partial charge in [0.25, 0.3) is 0 Å². The summed E-state index contributed by atoms with van der Waals surface area (Å²) in [6.45, 7) is 10.2. The number of hydrogen-bond donors (Lipinski definition) is 0. The topological polar surface area (TPSA) is 44.8 Å². The van der Waals surface area contributed by atoms with Crippen molar-refractivity contribution in [2.75, 3.05) is 0 Å². The fraction of sp³-hybridized carbons (Fsp3) is 0.400. The van der Waals surface area contributed by atoms with Crippen molar-refractivity contribution in [2.24, 2.45) is 0 Å². The molecule has 1 heterocycles. The summed E-state index contributed by atoms with van der Waals surface area (Å²) in [5, 5.41) is 0. The van der Waals surface area contributed by atoms with Gasteiger partial charge in [0, 0.05) is 0 Å². The summed E-state index contributed by atoms with van der Waals surface area (Å²) < 4.78 is 11.6. The molecule has 6 heteroatoms. The van der Waals surface area contributed by atoms with Gasteiger partial charge in [-0.3, -0.25) is 0 Å². The first-order valence-electron chi connectivity index (χ1n) is 6.60. The minimum atomic E-state index is -2.52. The van der Waals surface area contributed by atoms with Gasteiger partial charge in [0.05, 0.1) is 0 Å². The quantitative estimate of drug-likeness (QED) is 0.245. The van der Waals surface area contributed by atoms with Crippen LogP contribution in [0.5, 0.6) is 0 Å². The van der Waals surface area contributed by atoms with Gasteiger partial charge in [-0.25, -0.2) is 0 Å². The maximum atomic E-state index is 11.7. The zero-order valence-corrected chi connectivity index (χ0v) is 16.0. The van der Waals surface area contributed by atoms with Gasteiger partial charge in [0.15, 0.2) is 0 Å². The van der Waals surface area contributed by atoms with E-state index in [1.54, 1.807) is 6.07 Å². The Morgan fingerprint density at radius 3 is 2.57 bits per heavy atom. The monoisotopic (exact) mass is 418 g/mol. The van der Waals surface area contributed by atoms with E-state index in [9.17, 15) is 4.79 Å². The number of rotatable bonds is 3. The van der Waals surface area contributed by atoms with Gasteiger partial charge in [0.1, 0.15) is 0 Å². The van der Waals surface area contributed by atoms with Crippen LogP contribution in [0, 0.1) is 15.0 Å². The van der Waals surface area contributed by atoms with Crippen LogP contribution in [0.25, 0.3) is 0 Å². The van der Waals surface area contributed by atoms with Crippen molar-refractivity contribution >= 4 is 34.7 Å². The van der Waals surface area contributed by atoms with E-state index < -0.39 is 34.3 Å². The average molecular weight is 418 g/mol. The number of benzene rings is 1. The molecule has 0 atom stereocenters. The normalized spacial score (nSPS) is 16.0. The Morgan fingerprint density at radius 2 is 1.90 bits per heavy atom. The third-order valence-corrected chi connectivity index (χ3v) is 6.51. The van der Waals surface area contributed by atoms with Crippen LogP contribution in [0.15, 0.2) is 24.3 Å². The predicted molar refractivity (Wildman–Crippen MR) is 91.9 cm³/mol. The van der Waals surface area contributed by atoms with Crippen molar-refractivity contribution in [1.29, 1.82) is 0 Å². The van der Waals surface area contributed by atoms with Crippen LogP contribution in [-0.2, 0) is 11.2 Å². The molecule has 0 aliphatic carbocycles. The SMILES string of the molecule is CC(C)(C#C[Si](C)(C)C)OOI1OC(=O)c2ccccc21. The molecule has 1 aliphatic heterocycles. The predicted octanol–water partition coefficient (Wildman–Crippen LogP) is 3.97. The summed E-state index contributed by atoms with van der Waals surface area (Å²) in [5.41, 5.74) is 3.12. The van der Waals surface area contributed by atoms with Crippen molar-refractivity contribution < 1.29 is 16.0 Å². The second-order valence-electron chi connectivity index (χ2n) is 6.22.